The lowest BCUT2D eigenvalue weighted by Gasteiger charge is -2.35. The molecule has 0 aromatic heterocycles. The van der Waals surface area contributed by atoms with Crippen LogP contribution in [-0.4, -0.2) is 40.1 Å². The van der Waals surface area contributed by atoms with Gasteiger partial charge in [-0.25, -0.2) is 0 Å². The predicted molar refractivity (Wildman–Crippen MR) is 113 cm³/mol. The normalized spacial score (nSPS) is 28.8. The highest BCUT2D eigenvalue weighted by atomic mass is 16.3. The van der Waals surface area contributed by atoms with Crippen LogP contribution in [0.2, 0.25) is 0 Å². The van der Waals surface area contributed by atoms with E-state index in [1.165, 1.54) is 64.2 Å². The maximum Gasteiger partial charge on any atom is 0.255 e. The molecule has 0 spiro atoms. The van der Waals surface area contributed by atoms with E-state index < -0.39 is 5.54 Å². The second-order valence-electron chi connectivity index (χ2n) is 9.98. The van der Waals surface area contributed by atoms with Crippen LogP contribution in [0.4, 0.5) is 0 Å². The van der Waals surface area contributed by atoms with Gasteiger partial charge in [0.2, 0.25) is 0 Å². The zero-order valence-corrected chi connectivity index (χ0v) is 18.0. The minimum Gasteiger partial charge on any atom is -0.394 e. The van der Waals surface area contributed by atoms with Crippen LogP contribution in [0, 0.1) is 23.2 Å². The first-order valence-corrected chi connectivity index (χ1v) is 11.8. The minimum atomic E-state index is -0.626. The average molecular weight is 392 g/mol. The Bertz CT molecular complexity index is 538. The number of nitrogens with zero attached hydrogens (tertiary/aromatic N) is 1. The molecule has 3 fully saturated rings. The molecule has 3 N–H and O–H groups in total. The van der Waals surface area contributed by atoms with Gasteiger partial charge in [-0.3, -0.25) is 15.1 Å². The van der Waals surface area contributed by atoms with Crippen molar-refractivity contribution < 1.29 is 9.90 Å². The fourth-order valence-electron chi connectivity index (χ4n) is 5.80. The summed E-state index contributed by atoms with van der Waals surface area (Å²) in [6.45, 7) is 3.95. The predicted octanol–water partition coefficient (Wildman–Crippen LogP) is 4.44. The minimum absolute atomic E-state index is 0.0478. The molecule has 5 nitrogen and oxygen atoms in total. The van der Waals surface area contributed by atoms with Crippen LogP contribution in [0.3, 0.4) is 0 Å². The van der Waals surface area contributed by atoms with Crippen LogP contribution < -0.4 is 5.32 Å². The molecule has 2 aliphatic carbocycles. The summed E-state index contributed by atoms with van der Waals surface area (Å²) in [4.78, 5) is 15.3. The molecule has 28 heavy (non-hydrogen) atoms. The van der Waals surface area contributed by atoms with Crippen LogP contribution >= 0.6 is 0 Å². The van der Waals surface area contributed by atoms with Gasteiger partial charge in [0.05, 0.1) is 12.6 Å². The van der Waals surface area contributed by atoms with E-state index in [4.69, 9.17) is 5.41 Å². The van der Waals surface area contributed by atoms with Gasteiger partial charge in [0.1, 0.15) is 5.54 Å². The van der Waals surface area contributed by atoms with Crippen LogP contribution in [0.1, 0.15) is 97.3 Å². The van der Waals surface area contributed by atoms with Gasteiger partial charge in [-0.15, -0.1) is 0 Å². The average Bonchev–Trinajstić information content (AvgIpc) is 2.93. The summed E-state index contributed by atoms with van der Waals surface area (Å²) < 4.78 is 0. The van der Waals surface area contributed by atoms with Crippen molar-refractivity contribution in [3.05, 3.63) is 0 Å². The monoisotopic (exact) mass is 391 g/mol. The molecule has 0 aromatic rings. The summed E-state index contributed by atoms with van der Waals surface area (Å²) in [5, 5.41) is 21.8. The zero-order valence-electron chi connectivity index (χ0n) is 18.0. The third-order valence-corrected chi connectivity index (χ3v) is 7.58. The van der Waals surface area contributed by atoms with Gasteiger partial charge in [-0.1, -0.05) is 78.1 Å². The number of aliphatic hydroxyl groups excluding tert-OH is 1. The fourth-order valence-corrected chi connectivity index (χ4v) is 5.80. The Morgan fingerprint density at radius 1 is 1.07 bits per heavy atom. The molecule has 160 valence electrons. The van der Waals surface area contributed by atoms with Crippen LogP contribution in [0.15, 0.2) is 0 Å². The number of hydrogen-bond acceptors (Lipinski definition) is 3. The van der Waals surface area contributed by atoms with Gasteiger partial charge >= 0.3 is 0 Å². The van der Waals surface area contributed by atoms with Gasteiger partial charge < -0.3 is 10.4 Å². The molecule has 2 saturated carbocycles. The van der Waals surface area contributed by atoms with Crippen molar-refractivity contribution in [2.75, 3.05) is 6.61 Å². The van der Waals surface area contributed by atoms with E-state index in [1.54, 1.807) is 4.90 Å². The van der Waals surface area contributed by atoms with Crippen molar-refractivity contribution in [3.8, 4) is 0 Å². The molecular formula is C23H41N3O2. The smallest absolute Gasteiger partial charge is 0.255 e. The van der Waals surface area contributed by atoms with Gasteiger partial charge in [0.25, 0.3) is 5.91 Å². The Morgan fingerprint density at radius 3 is 2.18 bits per heavy atom. The maximum atomic E-state index is 13.7. The molecule has 3 aliphatic rings. The molecule has 2 atom stereocenters. The van der Waals surface area contributed by atoms with Crippen LogP contribution in [0.5, 0.6) is 0 Å². The second kappa shape index (κ2) is 9.60. The van der Waals surface area contributed by atoms with E-state index in [-0.39, 0.29) is 30.4 Å². The van der Waals surface area contributed by atoms with Gasteiger partial charge in [0.15, 0.2) is 5.96 Å². The molecular weight excluding hydrogens is 350 g/mol. The van der Waals surface area contributed by atoms with Crippen LogP contribution in [-0.2, 0) is 4.79 Å². The first-order chi connectivity index (χ1) is 13.5. The molecule has 1 aliphatic heterocycles. The first kappa shape index (κ1) is 21.6. The number of hydrogen-bond donors (Lipinski definition) is 3. The van der Waals surface area contributed by atoms with Crippen molar-refractivity contribution in [3.63, 3.8) is 0 Å². The number of amides is 1. The lowest BCUT2D eigenvalue weighted by molar-refractivity contribution is -0.135. The lowest BCUT2D eigenvalue weighted by Crippen LogP contribution is -2.51. The quantitative estimate of drug-likeness (QED) is 0.572. The first-order valence-electron chi connectivity index (χ1n) is 11.8. The molecule has 1 amide bonds. The number of guanidine groups is 1. The van der Waals surface area contributed by atoms with E-state index in [9.17, 15) is 9.90 Å². The summed E-state index contributed by atoms with van der Waals surface area (Å²) in [7, 11) is 0. The molecule has 0 bridgehead atoms. The number of aliphatic hydroxyl groups is 1. The lowest BCUT2D eigenvalue weighted by atomic mass is 9.75. The number of rotatable bonds is 8. The Morgan fingerprint density at radius 2 is 1.64 bits per heavy atom. The Labute approximate surface area is 171 Å². The third-order valence-electron chi connectivity index (χ3n) is 7.58. The van der Waals surface area contributed by atoms with E-state index >= 15 is 0 Å². The van der Waals surface area contributed by atoms with Crippen molar-refractivity contribution in [2.24, 2.45) is 17.8 Å². The Kier molecular flexibility index (Phi) is 7.41. The molecule has 5 heteroatoms. The van der Waals surface area contributed by atoms with E-state index in [1.807, 2.05) is 13.8 Å². The van der Waals surface area contributed by atoms with Gasteiger partial charge in [0, 0.05) is 0 Å². The number of nitrogens with one attached hydrogen (secondary N) is 2. The van der Waals surface area contributed by atoms with Gasteiger partial charge in [-0.05, 0) is 37.0 Å². The Balaban J connectivity index is 1.78. The van der Waals surface area contributed by atoms with Crippen LogP contribution in [0.25, 0.3) is 0 Å². The van der Waals surface area contributed by atoms with E-state index in [2.05, 4.69) is 5.32 Å². The maximum absolute atomic E-state index is 13.7. The highest BCUT2D eigenvalue weighted by Gasteiger charge is 2.52. The standard InChI is InChI=1S/C23H41N3O2/c1-17(2)20(16-27)26-21(28)23(25-22(26)24,15-19-11-7-4-8-12-19)14-13-18-9-5-3-6-10-18/h17-20,27H,3-16H2,1-2H3,(H2,24,25)/t20?,23-/m1/s1. The molecule has 0 aromatic carbocycles. The largest absolute Gasteiger partial charge is 0.394 e. The van der Waals surface area contributed by atoms with E-state index in [0.717, 1.165) is 25.2 Å². The highest BCUT2D eigenvalue weighted by molar-refractivity contribution is 6.08. The summed E-state index contributed by atoms with van der Waals surface area (Å²) in [6.07, 6.45) is 15.6. The van der Waals surface area contributed by atoms with Gasteiger partial charge in [-0.2, -0.15) is 0 Å². The van der Waals surface area contributed by atoms with Crippen molar-refractivity contribution in [2.45, 2.75) is 109 Å². The molecule has 0 radical (unpaired) electrons. The summed E-state index contributed by atoms with van der Waals surface area (Å²) in [5.74, 6) is 1.69. The number of carbonyl (C=O) groups is 1. The van der Waals surface area contributed by atoms with Crippen molar-refractivity contribution in [1.29, 1.82) is 5.41 Å². The van der Waals surface area contributed by atoms with Crippen molar-refractivity contribution in [1.82, 2.24) is 10.2 Å². The SMILES string of the molecule is CC(C)C(CO)N1C(=N)N[C@](CCC2CCCCC2)(CC2CCCCC2)C1=O. The summed E-state index contributed by atoms with van der Waals surface area (Å²) >= 11 is 0. The number of carbonyl (C=O) groups excluding carboxylic acids is 1. The highest BCUT2D eigenvalue weighted by Crippen LogP contribution is 2.39. The molecule has 1 unspecified atom stereocenters. The van der Waals surface area contributed by atoms with Crippen molar-refractivity contribution >= 4 is 11.9 Å². The third kappa shape index (κ3) is 4.72. The summed E-state index contributed by atoms with van der Waals surface area (Å²) in [6, 6.07) is -0.310. The molecule has 3 rings (SSSR count). The zero-order chi connectivity index (χ0) is 20.1. The second-order valence-corrected chi connectivity index (χ2v) is 9.98. The molecule has 1 heterocycles. The fraction of sp³-hybridized carbons (Fsp3) is 0.913. The topological polar surface area (TPSA) is 76.4 Å². The molecule has 1 saturated heterocycles. The van der Waals surface area contributed by atoms with E-state index in [0.29, 0.717) is 5.92 Å². The Hall–Kier alpha value is -1.10. The summed E-state index contributed by atoms with van der Waals surface area (Å²) in [5.41, 5.74) is -0.626.